The van der Waals surface area contributed by atoms with Crippen LogP contribution in [0.4, 0.5) is 0 Å². The standard InChI is InChI=1S/C50H29N3O2S/c1-3-13-31(14-4-1)47-51-48(32-15-5-2-6-16-32)53-49(52-47)33-25-23-30(24-26-33)34-27-28-37-42(29-34)56-46-43(37)44-45(55-41-22-12-11-21-40(41)54-44)50(46)38-19-9-7-17-35(38)36-18-8-10-20-39(36)50/h1-29H. The van der Waals surface area contributed by atoms with Gasteiger partial charge in [0.15, 0.2) is 40.5 Å². The van der Waals surface area contributed by atoms with Crippen molar-refractivity contribution in [2.45, 2.75) is 5.41 Å². The number of allylic oxidation sites excluding steroid dienone is 1. The Kier molecular flexibility index (Phi) is 6.65. The predicted octanol–water partition coefficient (Wildman–Crippen LogP) is 12.2. The minimum Gasteiger partial charge on any atom is -0.452 e. The van der Waals surface area contributed by atoms with Crippen molar-refractivity contribution in [2.24, 2.45) is 0 Å². The maximum atomic E-state index is 6.95. The molecule has 0 radical (unpaired) electrons. The summed E-state index contributed by atoms with van der Waals surface area (Å²) < 4.78 is 15.0. The molecule has 9 aromatic rings. The number of fused-ring (bicyclic) bond motifs is 12. The molecule has 56 heavy (non-hydrogen) atoms. The fourth-order valence-corrected chi connectivity index (χ4v) is 10.1. The van der Waals surface area contributed by atoms with E-state index >= 15 is 0 Å². The average molecular weight is 736 g/mol. The van der Waals surface area contributed by atoms with Crippen molar-refractivity contribution in [1.82, 2.24) is 15.0 Å². The zero-order valence-corrected chi connectivity index (χ0v) is 30.6. The van der Waals surface area contributed by atoms with E-state index in [1.807, 2.05) is 96.3 Å². The smallest absolute Gasteiger partial charge is 0.176 e. The molecule has 12 rings (SSSR count). The summed E-state index contributed by atoms with van der Waals surface area (Å²) in [4.78, 5) is 16.0. The third-order valence-electron chi connectivity index (χ3n) is 11.2. The Hall–Kier alpha value is -7.15. The molecule has 0 fully saturated rings. The van der Waals surface area contributed by atoms with Crippen molar-refractivity contribution in [3.05, 3.63) is 203 Å². The minimum absolute atomic E-state index is 0.626. The average Bonchev–Trinajstić information content (AvgIpc) is 3.89. The molecule has 0 saturated heterocycles. The van der Waals surface area contributed by atoms with Gasteiger partial charge < -0.3 is 9.47 Å². The van der Waals surface area contributed by atoms with Crippen LogP contribution in [0.3, 0.4) is 0 Å². The lowest BCUT2D eigenvalue weighted by molar-refractivity contribution is 0.317. The molecule has 1 aliphatic heterocycles. The van der Waals surface area contributed by atoms with Crippen LogP contribution in [0, 0.1) is 0 Å². The number of hydrogen-bond donors (Lipinski definition) is 0. The summed E-state index contributed by atoms with van der Waals surface area (Å²) in [6.45, 7) is 0. The Morgan fingerprint density at radius 2 is 0.911 bits per heavy atom. The Balaban J connectivity index is 0.983. The molecule has 7 aromatic carbocycles. The molecular weight excluding hydrogens is 707 g/mol. The highest BCUT2D eigenvalue weighted by atomic mass is 32.1. The van der Waals surface area contributed by atoms with E-state index in [2.05, 4.69) is 91.0 Å². The van der Waals surface area contributed by atoms with Crippen molar-refractivity contribution in [1.29, 1.82) is 0 Å². The maximum Gasteiger partial charge on any atom is 0.176 e. The summed E-state index contributed by atoms with van der Waals surface area (Å²) in [5.74, 6) is 5.05. The van der Waals surface area contributed by atoms with Crippen LogP contribution in [-0.2, 0) is 5.41 Å². The van der Waals surface area contributed by atoms with Gasteiger partial charge >= 0.3 is 0 Å². The van der Waals surface area contributed by atoms with Crippen LogP contribution in [0.2, 0.25) is 0 Å². The van der Waals surface area contributed by atoms with Gasteiger partial charge in [-0.2, -0.15) is 0 Å². The fourth-order valence-electron chi connectivity index (χ4n) is 8.69. The first-order valence-electron chi connectivity index (χ1n) is 18.7. The summed E-state index contributed by atoms with van der Waals surface area (Å²) in [6.07, 6.45) is 0. The first-order valence-corrected chi connectivity index (χ1v) is 19.5. The molecule has 0 N–H and O–H groups in total. The zero-order valence-electron chi connectivity index (χ0n) is 29.8. The Morgan fingerprint density at radius 1 is 0.429 bits per heavy atom. The number of aromatic nitrogens is 3. The Labute approximate surface area is 326 Å². The number of para-hydroxylation sites is 2. The highest BCUT2D eigenvalue weighted by Gasteiger charge is 2.58. The lowest BCUT2D eigenvalue weighted by Crippen LogP contribution is -2.30. The Bertz CT molecular complexity index is 2980. The lowest BCUT2D eigenvalue weighted by atomic mass is 9.77. The quantitative estimate of drug-likeness (QED) is 0.180. The summed E-state index contributed by atoms with van der Waals surface area (Å²) in [5.41, 5.74) is 10.5. The second-order valence-electron chi connectivity index (χ2n) is 14.3. The van der Waals surface area contributed by atoms with Gasteiger partial charge in [-0.1, -0.05) is 158 Å². The monoisotopic (exact) mass is 735 g/mol. The summed E-state index contributed by atoms with van der Waals surface area (Å²) in [7, 11) is 0. The van der Waals surface area contributed by atoms with Gasteiger partial charge in [0, 0.05) is 37.2 Å². The van der Waals surface area contributed by atoms with E-state index in [4.69, 9.17) is 24.4 Å². The SMILES string of the molecule is c1ccc(-c2nc(-c3ccccc3)nc(-c3ccc(-c4ccc5c6c(sc5c4)C4(C5=C6Oc6ccccc6O5)c5ccccc5-c5ccccc54)cc3)n2)cc1. The van der Waals surface area contributed by atoms with E-state index in [1.165, 1.54) is 31.8 Å². The summed E-state index contributed by atoms with van der Waals surface area (Å²) in [5, 5.41) is 1.16. The highest BCUT2D eigenvalue weighted by molar-refractivity contribution is 7.19. The zero-order chi connectivity index (χ0) is 36.8. The number of rotatable bonds is 4. The Morgan fingerprint density at radius 3 is 1.52 bits per heavy atom. The third kappa shape index (κ3) is 4.45. The molecule has 0 unspecified atom stereocenters. The second-order valence-corrected chi connectivity index (χ2v) is 15.3. The first kappa shape index (κ1) is 31.2. The molecule has 3 heterocycles. The summed E-state index contributed by atoms with van der Waals surface area (Å²) >= 11 is 1.83. The van der Waals surface area contributed by atoms with E-state index in [0.717, 1.165) is 61.8 Å². The van der Waals surface area contributed by atoms with Gasteiger partial charge in [0.1, 0.15) is 5.41 Å². The predicted molar refractivity (Wildman–Crippen MR) is 223 cm³/mol. The van der Waals surface area contributed by atoms with Crippen LogP contribution in [0.5, 0.6) is 11.5 Å². The van der Waals surface area contributed by atoms with Crippen molar-refractivity contribution in [3.8, 4) is 67.9 Å². The van der Waals surface area contributed by atoms with Gasteiger partial charge in [0.05, 0.1) is 0 Å². The molecule has 2 aromatic heterocycles. The van der Waals surface area contributed by atoms with Gasteiger partial charge in [0.25, 0.3) is 0 Å². The number of nitrogens with zero attached hydrogens (tertiary/aromatic N) is 3. The maximum absolute atomic E-state index is 6.95. The van der Waals surface area contributed by atoms with Crippen LogP contribution >= 0.6 is 11.3 Å². The van der Waals surface area contributed by atoms with Crippen molar-refractivity contribution in [3.63, 3.8) is 0 Å². The van der Waals surface area contributed by atoms with Crippen molar-refractivity contribution >= 4 is 27.2 Å². The molecule has 2 aliphatic carbocycles. The topological polar surface area (TPSA) is 57.1 Å². The number of benzene rings is 7. The molecule has 0 atom stereocenters. The molecule has 6 heteroatoms. The van der Waals surface area contributed by atoms with E-state index in [-0.39, 0.29) is 0 Å². The van der Waals surface area contributed by atoms with Crippen LogP contribution < -0.4 is 9.47 Å². The molecule has 1 spiro atoms. The van der Waals surface area contributed by atoms with E-state index in [9.17, 15) is 0 Å². The van der Waals surface area contributed by atoms with Gasteiger partial charge in [-0.3, -0.25) is 0 Å². The number of hydrogen-bond acceptors (Lipinski definition) is 6. The summed E-state index contributed by atoms with van der Waals surface area (Å²) in [6, 6.07) is 60.9. The lowest BCUT2D eigenvalue weighted by Gasteiger charge is -2.32. The van der Waals surface area contributed by atoms with Crippen LogP contribution in [0.1, 0.15) is 21.6 Å². The largest absolute Gasteiger partial charge is 0.452 e. The van der Waals surface area contributed by atoms with E-state index in [1.54, 1.807) is 0 Å². The minimum atomic E-state index is -0.626. The van der Waals surface area contributed by atoms with Gasteiger partial charge in [0.2, 0.25) is 0 Å². The van der Waals surface area contributed by atoms with Crippen molar-refractivity contribution in [2.75, 3.05) is 0 Å². The van der Waals surface area contributed by atoms with Crippen LogP contribution in [0.25, 0.3) is 72.3 Å². The molecule has 0 saturated carbocycles. The van der Waals surface area contributed by atoms with Crippen LogP contribution in [-0.4, -0.2) is 15.0 Å². The third-order valence-corrected chi connectivity index (χ3v) is 12.5. The van der Waals surface area contributed by atoms with Crippen LogP contribution in [0.15, 0.2) is 182 Å². The molecule has 5 nitrogen and oxygen atoms in total. The molecule has 0 amide bonds. The second kappa shape index (κ2) is 11.9. The molecule has 3 aliphatic rings. The number of thiophene rings is 1. The van der Waals surface area contributed by atoms with Gasteiger partial charge in [-0.15, -0.1) is 11.3 Å². The highest BCUT2D eigenvalue weighted by Crippen LogP contribution is 2.66. The fraction of sp³-hybridized carbons (Fsp3) is 0.0200. The van der Waals surface area contributed by atoms with E-state index in [0.29, 0.717) is 17.5 Å². The molecule has 0 bridgehead atoms. The molecular formula is C50H29N3O2S. The molecule has 262 valence electrons. The van der Waals surface area contributed by atoms with E-state index < -0.39 is 5.41 Å². The normalized spacial score (nSPS) is 14.1. The first-order chi connectivity index (χ1) is 27.7. The van der Waals surface area contributed by atoms with Gasteiger partial charge in [-0.25, -0.2) is 15.0 Å². The van der Waals surface area contributed by atoms with Gasteiger partial charge in [-0.05, 0) is 51.6 Å². The number of ether oxygens (including phenoxy) is 2. The van der Waals surface area contributed by atoms with Crippen molar-refractivity contribution < 1.29 is 9.47 Å².